The zero-order valence-corrected chi connectivity index (χ0v) is 23.6. The molecule has 3 fully saturated rings. The van der Waals surface area contributed by atoms with E-state index in [1.165, 1.54) is 12.1 Å². The number of benzene rings is 2. The molecule has 2 heterocycles. The Labute approximate surface area is 245 Å². The van der Waals surface area contributed by atoms with Gasteiger partial charge in [-0.25, -0.2) is 9.29 Å². The van der Waals surface area contributed by atoms with E-state index in [0.29, 0.717) is 16.7 Å². The number of anilines is 1. The highest BCUT2D eigenvalue weighted by molar-refractivity contribution is 6.31. The van der Waals surface area contributed by atoms with Gasteiger partial charge in [0.05, 0.1) is 40.3 Å². The van der Waals surface area contributed by atoms with Crippen molar-refractivity contribution in [3.63, 3.8) is 0 Å². The van der Waals surface area contributed by atoms with E-state index >= 15 is 0 Å². The second-order valence-corrected chi connectivity index (χ2v) is 12.2. The maximum atomic E-state index is 14.3. The Morgan fingerprint density at radius 1 is 1.10 bits per heavy atom. The topological polar surface area (TPSA) is 132 Å². The molecule has 0 radical (unpaired) electrons. The third-order valence-electron chi connectivity index (χ3n) is 9.66. The Morgan fingerprint density at radius 2 is 1.83 bits per heavy atom. The van der Waals surface area contributed by atoms with Crippen LogP contribution in [0.25, 0.3) is 0 Å². The normalized spacial score (nSPS) is 30.3. The summed E-state index contributed by atoms with van der Waals surface area (Å²) in [4.78, 5) is 68.6. The molecule has 218 valence electrons. The lowest BCUT2D eigenvalue weighted by atomic mass is 9.51. The Kier molecular flexibility index (Phi) is 6.53. The van der Waals surface area contributed by atoms with Crippen molar-refractivity contribution in [3.05, 3.63) is 70.0 Å². The van der Waals surface area contributed by atoms with E-state index in [0.717, 1.165) is 15.9 Å². The van der Waals surface area contributed by atoms with E-state index < -0.39 is 70.4 Å². The van der Waals surface area contributed by atoms with Crippen LogP contribution in [0.15, 0.2) is 48.0 Å². The van der Waals surface area contributed by atoms with Gasteiger partial charge in [0.2, 0.25) is 23.6 Å². The van der Waals surface area contributed by atoms with Crippen LogP contribution in [0.5, 0.6) is 5.75 Å². The van der Waals surface area contributed by atoms with Gasteiger partial charge in [-0.15, -0.1) is 0 Å². The zero-order valence-electron chi connectivity index (χ0n) is 22.8. The van der Waals surface area contributed by atoms with Crippen LogP contribution in [-0.4, -0.2) is 51.3 Å². The molecule has 2 aliphatic carbocycles. The summed E-state index contributed by atoms with van der Waals surface area (Å²) in [5, 5.41) is 20.1. The molecule has 2 aromatic rings. The highest BCUT2D eigenvalue weighted by Gasteiger charge is 2.67. The maximum absolute atomic E-state index is 14.3. The van der Waals surface area contributed by atoms with E-state index in [9.17, 15) is 33.5 Å². The van der Waals surface area contributed by atoms with Gasteiger partial charge in [-0.3, -0.25) is 28.9 Å². The van der Waals surface area contributed by atoms with Crippen LogP contribution >= 0.6 is 11.6 Å². The Hall–Kier alpha value is -4.05. The number of hydrogen-bond acceptors (Lipinski definition) is 6. The molecule has 2 aromatic carbocycles. The summed E-state index contributed by atoms with van der Waals surface area (Å²) in [5.74, 6) is -7.78. The molecule has 2 N–H and O–H groups in total. The minimum atomic E-state index is -1.38. The first-order valence-corrected chi connectivity index (χ1v) is 14.1. The molecular formula is C31H28ClFN2O7. The number of imide groups is 2. The number of halogens is 2. The molecule has 1 saturated carbocycles. The second-order valence-electron chi connectivity index (χ2n) is 11.7. The molecule has 0 spiro atoms. The third kappa shape index (κ3) is 3.84. The monoisotopic (exact) mass is 594 g/mol. The van der Waals surface area contributed by atoms with Crippen molar-refractivity contribution < 1.29 is 38.6 Å². The van der Waals surface area contributed by atoms with Gasteiger partial charge in [-0.2, -0.15) is 0 Å². The average molecular weight is 595 g/mol. The van der Waals surface area contributed by atoms with Gasteiger partial charge in [0.15, 0.2) is 0 Å². The van der Waals surface area contributed by atoms with E-state index in [-0.39, 0.29) is 42.3 Å². The van der Waals surface area contributed by atoms with Crippen LogP contribution in [-0.2, 0) is 24.0 Å². The summed E-state index contributed by atoms with van der Waals surface area (Å²) in [6.45, 7) is 3.15. The molecule has 4 amide bonds. The number of phenols is 1. The molecule has 4 aliphatic rings. The SMILES string of the molecule is Cc1cccc(C2C3=CCC4C(=O)N(CCC(=O)O)C(=O)C4C3CC3C(=O)N(c4ccc(F)c(Cl)c4)C(=O)C32C)c1O. The van der Waals surface area contributed by atoms with Crippen molar-refractivity contribution >= 4 is 46.9 Å². The first kappa shape index (κ1) is 28.1. The fraction of sp³-hybridized carbons (Fsp3) is 0.387. The fourth-order valence-electron chi connectivity index (χ4n) is 7.64. The zero-order chi connectivity index (χ0) is 30.2. The largest absolute Gasteiger partial charge is 0.507 e. The van der Waals surface area contributed by atoms with E-state index in [2.05, 4.69) is 0 Å². The molecule has 0 aromatic heterocycles. The van der Waals surface area contributed by atoms with Crippen molar-refractivity contribution in [2.45, 2.75) is 39.0 Å². The summed E-state index contributed by atoms with van der Waals surface area (Å²) < 4.78 is 14.0. The van der Waals surface area contributed by atoms with Gasteiger partial charge in [-0.1, -0.05) is 41.4 Å². The van der Waals surface area contributed by atoms with Gasteiger partial charge in [0.1, 0.15) is 11.6 Å². The van der Waals surface area contributed by atoms with Crippen LogP contribution in [0.4, 0.5) is 10.1 Å². The van der Waals surface area contributed by atoms with Gasteiger partial charge < -0.3 is 10.2 Å². The van der Waals surface area contributed by atoms with Crippen molar-refractivity contribution in [1.29, 1.82) is 0 Å². The highest BCUT2D eigenvalue weighted by atomic mass is 35.5. The van der Waals surface area contributed by atoms with Crippen molar-refractivity contribution in [2.24, 2.45) is 29.1 Å². The Balaban J connectivity index is 1.50. The van der Waals surface area contributed by atoms with Crippen LogP contribution in [0.2, 0.25) is 5.02 Å². The number of carboxylic acid groups (broad SMARTS) is 1. The van der Waals surface area contributed by atoms with Crippen molar-refractivity contribution in [3.8, 4) is 5.75 Å². The van der Waals surface area contributed by atoms with Crippen LogP contribution in [0.3, 0.4) is 0 Å². The van der Waals surface area contributed by atoms with Gasteiger partial charge in [0, 0.05) is 18.0 Å². The number of nitrogens with zero attached hydrogens (tertiary/aromatic N) is 2. The number of aryl methyl sites for hydroxylation is 1. The lowest BCUT2D eigenvalue weighted by Gasteiger charge is -2.49. The molecule has 6 atom stereocenters. The molecule has 2 saturated heterocycles. The minimum absolute atomic E-state index is 0.0356. The number of carbonyl (C=O) groups is 5. The second kappa shape index (κ2) is 9.76. The summed E-state index contributed by atoms with van der Waals surface area (Å²) in [6.07, 6.45) is 1.76. The molecule has 0 bridgehead atoms. The van der Waals surface area contributed by atoms with E-state index in [4.69, 9.17) is 16.7 Å². The lowest BCUT2D eigenvalue weighted by molar-refractivity contribution is -0.142. The number of rotatable bonds is 5. The molecule has 42 heavy (non-hydrogen) atoms. The molecule has 2 aliphatic heterocycles. The van der Waals surface area contributed by atoms with E-state index in [1.54, 1.807) is 32.0 Å². The number of likely N-dealkylation sites (tertiary alicyclic amines) is 1. The fourth-order valence-corrected chi connectivity index (χ4v) is 7.81. The van der Waals surface area contributed by atoms with Crippen LogP contribution < -0.4 is 4.90 Å². The van der Waals surface area contributed by atoms with Crippen molar-refractivity contribution in [2.75, 3.05) is 11.4 Å². The first-order chi connectivity index (χ1) is 19.9. The standard InChI is InChI=1S/C31H28ClFN2O7/c1-14-4-3-5-18(26(14)38)25-16-7-8-17-24(29(41)34(27(17)39)11-10-23(36)37)19(16)13-20-28(40)35(30(42)31(20,25)2)15-6-9-22(33)21(32)12-15/h3-7,9,12,17,19-20,24-25,38H,8,10-11,13H2,1-2H3,(H,36,37). The predicted octanol–water partition coefficient (Wildman–Crippen LogP) is 4.20. The number of fused-ring (bicyclic) bond motifs is 4. The Morgan fingerprint density at radius 3 is 2.52 bits per heavy atom. The van der Waals surface area contributed by atoms with Crippen molar-refractivity contribution in [1.82, 2.24) is 4.90 Å². The maximum Gasteiger partial charge on any atom is 0.305 e. The quantitative estimate of drug-likeness (QED) is 0.392. The number of phenolic OH excluding ortho intramolecular Hbond substituents is 1. The molecule has 9 nitrogen and oxygen atoms in total. The molecule has 11 heteroatoms. The van der Waals surface area contributed by atoms with Gasteiger partial charge in [-0.05, 0) is 56.4 Å². The summed E-state index contributed by atoms with van der Waals surface area (Å²) >= 11 is 6.01. The number of carboxylic acids is 1. The molecule has 6 unspecified atom stereocenters. The number of aromatic hydroxyl groups is 1. The van der Waals surface area contributed by atoms with Gasteiger partial charge in [0.25, 0.3) is 0 Å². The number of para-hydroxylation sites is 1. The minimum Gasteiger partial charge on any atom is -0.507 e. The Bertz CT molecular complexity index is 1620. The molecule has 6 rings (SSSR count). The van der Waals surface area contributed by atoms with Gasteiger partial charge >= 0.3 is 5.97 Å². The van der Waals surface area contributed by atoms with E-state index in [1.807, 2.05) is 6.08 Å². The number of allylic oxidation sites excluding steroid dienone is 2. The highest BCUT2D eigenvalue weighted by Crippen LogP contribution is 2.64. The number of carbonyl (C=O) groups excluding carboxylic acids is 4. The van der Waals surface area contributed by atoms with Crippen LogP contribution in [0.1, 0.15) is 43.2 Å². The number of amides is 4. The summed E-state index contributed by atoms with van der Waals surface area (Å²) in [6, 6.07) is 8.76. The lowest BCUT2D eigenvalue weighted by Crippen LogP contribution is -2.49. The predicted molar refractivity (Wildman–Crippen MR) is 148 cm³/mol. The average Bonchev–Trinajstić information content (AvgIpc) is 3.30. The number of aliphatic carboxylic acids is 1. The molecular weight excluding hydrogens is 567 g/mol. The smallest absolute Gasteiger partial charge is 0.305 e. The summed E-state index contributed by atoms with van der Waals surface area (Å²) in [5.41, 5.74) is 0.414. The third-order valence-corrected chi connectivity index (χ3v) is 9.95. The van der Waals surface area contributed by atoms with Crippen LogP contribution in [0, 0.1) is 41.8 Å². The first-order valence-electron chi connectivity index (χ1n) is 13.8. The number of hydrogen-bond donors (Lipinski definition) is 2. The summed E-state index contributed by atoms with van der Waals surface area (Å²) in [7, 11) is 0.